The van der Waals surface area contributed by atoms with E-state index < -0.39 is 28.0 Å². The quantitative estimate of drug-likeness (QED) is 0.0637. The molecule has 0 aliphatic heterocycles. The Morgan fingerprint density at radius 2 is 1.28 bits per heavy atom. The van der Waals surface area contributed by atoms with Gasteiger partial charge in [-0.15, -0.1) is 0 Å². The first kappa shape index (κ1) is 34.9. The van der Waals surface area contributed by atoms with Crippen molar-refractivity contribution in [3.63, 3.8) is 0 Å². The topological polar surface area (TPSA) is 194 Å². The molecule has 7 N–H and O–H groups in total. The van der Waals surface area contributed by atoms with Gasteiger partial charge >= 0.3 is 18.1 Å². The van der Waals surface area contributed by atoms with Gasteiger partial charge in [0.1, 0.15) is 17.3 Å². The first-order valence-electron chi connectivity index (χ1n) is 14.4. The lowest BCUT2D eigenvalue weighted by molar-refractivity contribution is -0.192. The number of halogens is 3. The fraction of sp³-hybridized carbons (Fsp3) is 0.0278. The number of hydrogen-bond donors (Lipinski definition) is 5. The molecule has 254 valence electrons. The number of aromatic carboxylic acids is 1. The summed E-state index contributed by atoms with van der Waals surface area (Å²) in [7, 11) is -3.97. The fourth-order valence-electron chi connectivity index (χ4n) is 5.01. The van der Waals surface area contributed by atoms with Gasteiger partial charge in [0.15, 0.2) is 0 Å². The van der Waals surface area contributed by atoms with Gasteiger partial charge in [-0.05, 0) is 76.1 Å². The molecule has 0 aliphatic carbocycles. The third-order valence-electron chi connectivity index (χ3n) is 7.51. The van der Waals surface area contributed by atoms with E-state index in [9.17, 15) is 31.5 Å². The number of hydrogen-bond acceptors (Lipinski definition) is 7. The molecule has 0 radical (unpaired) electrons. The number of rotatable bonds is 7. The molecular weight excluding hydrogens is 675 g/mol. The van der Waals surface area contributed by atoms with E-state index in [4.69, 9.17) is 31.5 Å². The van der Waals surface area contributed by atoms with E-state index in [1.165, 1.54) is 18.2 Å². The second-order valence-electron chi connectivity index (χ2n) is 10.8. The zero-order valence-electron chi connectivity index (χ0n) is 25.6. The van der Waals surface area contributed by atoms with Crippen molar-refractivity contribution in [3.05, 3.63) is 126 Å². The van der Waals surface area contributed by atoms with Crippen LogP contribution in [-0.2, 0) is 14.6 Å². The number of alkyl halides is 3. The van der Waals surface area contributed by atoms with Gasteiger partial charge in [-0.25, -0.2) is 18.0 Å². The Kier molecular flexibility index (Phi) is 9.50. The highest BCUT2D eigenvalue weighted by molar-refractivity contribution is 7.91. The van der Waals surface area contributed by atoms with Crippen LogP contribution in [-0.4, -0.2) is 42.6 Å². The number of ether oxygens (including phenoxy) is 1. The first-order valence-corrected chi connectivity index (χ1v) is 15.9. The third kappa shape index (κ3) is 7.34. The third-order valence-corrected chi connectivity index (χ3v) is 9.26. The zero-order chi connectivity index (χ0) is 36.4. The second kappa shape index (κ2) is 13.6. The molecule has 0 spiro atoms. The van der Waals surface area contributed by atoms with Crippen LogP contribution >= 0.6 is 0 Å². The summed E-state index contributed by atoms with van der Waals surface area (Å²) >= 11 is 0. The standard InChI is InChI=1S/C34H25N3O5S.C2HF3O2/c35-32-28(6-3-7-29(32)34(38)39)30-19-27(43(40,41)26-13-11-20-4-1-2-5-21(20)18-26)14-15-31(30)42-25-12-10-22-16-24(33(36)37)9-8-23(22)17-25;3-2(4,5)1(6)7/h1-19H,35H2,(H3,36,37)(H,38,39);(H,6,7). The number of para-hydroxylation sites is 1. The molecule has 0 aromatic heterocycles. The predicted molar refractivity (Wildman–Crippen MR) is 181 cm³/mol. The highest BCUT2D eigenvalue weighted by Crippen LogP contribution is 2.40. The van der Waals surface area contributed by atoms with Gasteiger partial charge in [0.05, 0.1) is 21.0 Å². The normalized spacial score (nSPS) is 11.4. The molecule has 0 heterocycles. The molecule has 50 heavy (non-hydrogen) atoms. The first-order chi connectivity index (χ1) is 23.6. The Labute approximate surface area is 282 Å². The fourth-order valence-corrected chi connectivity index (χ4v) is 6.34. The van der Waals surface area contributed by atoms with Gasteiger partial charge in [-0.1, -0.05) is 60.7 Å². The zero-order valence-corrected chi connectivity index (χ0v) is 26.4. The monoisotopic (exact) mass is 701 g/mol. The average Bonchev–Trinajstić information content (AvgIpc) is 3.07. The van der Waals surface area contributed by atoms with E-state index in [0.717, 1.165) is 21.5 Å². The number of carboxylic acids is 2. The second-order valence-corrected chi connectivity index (χ2v) is 12.7. The van der Waals surface area contributed by atoms with Crippen molar-refractivity contribution in [2.75, 3.05) is 5.73 Å². The van der Waals surface area contributed by atoms with E-state index in [0.29, 0.717) is 22.4 Å². The van der Waals surface area contributed by atoms with Gasteiger partial charge < -0.3 is 26.4 Å². The summed E-state index contributed by atoms with van der Waals surface area (Å²) in [5, 5.41) is 27.9. The number of fused-ring (bicyclic) bond motifs is 2. The van der Waals surface area contributed by atoms with E-state index in [-0.39, 0.29) is 32.6 Å². The van der Waals surface area contributed by atoms with Crippen LogP contribution in [0.3, 0.4) is 0 Å². The number of nitrogen functional groups attached to an aromatic ring is 2. The van der Waals surface area contributed by atoms with Gasteiger partial charge in [-0.3, -0.25) is 5.41 Å². The van der Waals surface area contributed by atoms with Crippen LogP contribution in [0.5, 0.6) is 11.5 Å². The van der Waals surface area contributed by atoms with Gasteiger partial charge in [-0.2, -0.15) is 13.2 Å². The van der Waals surface area contributed by atoms with E-state index in [1.54, 1.807) is 60.7 Å². The molecule has 6 aromatic carbocycles. The average molecular weight is 702 g/mol. The molecule has 10 nitrogen and oxygen atoms in total. The van der Waals surface area contributed by atoms with Crippen molar-refractivity contribution >= 4 is 54.8 Å². The smallest absolute Gasteiger partial charge is 0.478 e. The van der Waals surface area contributed by atoms with Crippen LogP contribution < -0.4 is 16.2 Å². The van der Waals surface area contributed by atoms with Crippen molar-refractivity contribution in [2.24, 2.45) is 5.73 Å². The molecule has 6 aromatic rings. The Hall–Kier alpha value is -6.41. The maximum absolute atomic E-state index is 13.8. The summed E-state index contributed by atoms with van der Waals surface area (Å²) in [5.74, 6) is -3.26. The predicted octanol–water partition coefficient (Wildman–Crippen LogP) is 7.48. The molecule has 14 heteroatoms. The van der Waals surface area contributed by atoms with Crippen molar-refractivity contribution in [1.82, 2.24) is 0 Å². The lowest BCUT2D eigenvalue weighted by atomic mass is 9.99. The molecule has 0 atom stereocenters. The largest absolute Gasteiger partial charge is 0.490 e. The summed E-state index contributed by atoms with van der Waals surface area (Å²) in [6, 6.07) is 32.2. The lowest BCUT2D eigenvalue weighted by Crippen LogP contribution is -2.21. The summed E-state index contributed by atoms with van der Waals surface area (Å²) in [6.45, 7) is 0. The Bertz CT molecular complexity index is 2430. The molecule has 0 saturated carbocycles. The minimum atomic E-state index is -5.08. The number of carbonyl (C=O) groups is 2. The number of nitrogens with one attached hydrogen (secondary N) is 1. The molecule has 0 saturated heterocycles. The van der Waals surface area contributed by atoms with E-state index >= 15 is 0 Å². The Balaban J connectivity index is 0.000000630. The highest BCUT2D eigenvalue weighted by Gasteiger charge is 2.38. The molecule has 0 bridgehead atoms. The van der Waals surface area contributed by atoms with Crippen LogP contribution in [0.25, 0.3) is 32.7 Å². The van der Waals surface area contributed by atoms with Crippen molar-refractivity contribution in [3.8, 4) is 22.6 Å². The molecule has 0 aliphatic rings. The summed E-state index contributed by atoms with van der Waals surface area (Å²) in [5.41, 5.74) is 13.0. The van der Waals surface area contributed by atoms with Crippen molar-refractivity contribution in [2.45, 2.75) is 16.0 Å². The van der Waals surface area contributed by atoms with Gasteiger partial charge in [0.25, 0.3) is 0 Å². The van der Waals surface area contributed by atoms with Crippen molar-refractivity contribution < 1.29 is 46.1 Å². The van der Waals surface area contributed by atoms with E-state index in [2.05, 4.69) is 0 Å². The number of aliphatic carboxylic acids is 1. The molecular formula is C36H26F3N3O7S. The van der Waals surface area contributed by atoms with Crippen LogP contribution in [0.4, 0.5) is 18.9 Å². The van der Waals surface area contributed by atoms with Crippen molar-refractivity contribution in [1.29, 1.82) is 5.41 Å². The number of carboxylic acid groups (broad SMARTS) is 2. The minimum absolute atomic E-state index is 0.000493. The van der Waals surface area contributed by atoms with Crippen LogP contribution in [0.2, 0.25) is 0 Å². The van der Waals surface area contributed by atoms with Crippen LogP contribution in [0, 0.1) is 5.41 Å². The molecule has 0 amide bonds. The number of anilines is 1. The summed E-state index contributed by atoms with van der Waals surface area (Å²) in [4.78, 5) is 20.9. The number of nitrogens with two attached hydrogens (primary N) is 2. The lowest BCUT2D eigenvalue weighted by Gasteiger charge is -2.16. The van der Waals surface area contributed by atoms with Crippen LogP contribution in [0.15, 0.2) is 125 Å². The Morgan fingerprint density at radius 3 is 1.94 bits per heavy atom. The van der Waals surface area contributed by atoms with Gasteiger partial charge in [0, 0.05) is 16.7 Å². The van der Waals surface area contributed by atoms with E-state index in [1.807, 2.05) is 36.4 Å². The minimum Gasteiger partial charge on any atom is -0.478 e. The van der Waals surface area contributed by atoms with Crippen LogP contribution in [0.1, 0.15) is 15.9 Å². The summed E-state index contributed by atoms with van der Waals surface area (Å²) in [6.07, 6.45) is -5.08. The number of sulfone groups is 1. The maximum Gasteiger partial charge on any atom is 0.490 e. The number of amidine groups is 1. The Morgan fingerprint density at radius 1 is 0.700 bits per heavy atom. The maximum atomic E-state index is 13.8. The van der Waals surface area contributed by atoms with Gasteiger partial charge in [0.2, 0.25) is 9.84 Å². The SMILES string of the molecule is N=C(N)c1ccc2cc(Oc3ccc(S(=O)(=O)c4ccc5ccccc5c4)cc3-c3cccc(C(=O)O)c3N)ccc2c1.O=C(O)C(F)(F)F. The number of benzene rings is 6. The molecule has 0 fully saturated rings. The highest BCUT2D eigenvalue weighted by atomic mass is 32.2. The molecule has 6 rings (SSSR count). The molecule has 0 unspecified atom stereocenters. The summed E-state index contributed by atoms with van der Waals surface area (Å²) < 4.78 is 65.7.